The number of carbonyl (C=O) groups is 1. The molecule has 192 valence electrons. The van der Waals surface area contributed by atoms with Crippen molar-refractivity contribution in [1.29, 1.82) is 0 Å². The largest absolute Gasteiger partial charge is 0.497 e. The standard InChI is InChI=1S/C28H28N2O6S/c1-6-14-36-20-10-8-18(9-11-20)25-24(27(32)35-7-2)17(3)29-28-30(25)26(31)23(37-28)16-19-15-21(33-4)12-13-22(19)34-5/h6,8-13,15-16,25H,1,7,14H2,2-5H3/b23-16-. The Bertz CT molecular complexity index is 1530. The smallest absolute Gasteiger partial charge is 0.338 e. The molecule has 0 fully saturated rings. The van der Waals surface area contributed by atoms with E-state index in [-0.39, 0.29) is 12.2 Å². The SMILES string of the molecule is C=CCOc1ccc(C2C(C(=O)OCC)=C(C)N=c3s/c(=C\c4cc(OC)ccc4OC)c(=O)n32)cc1. The Hall–Kier alpha value is -4.11. The highest BCUT2D eigenvalue weighted by molar-refractivity contribution is 7.07. The third-order valence-corrected chi connectivity index (χ3v) is 6.79. The molecule has 1 unspecified atom stereocenters. The predicted octanol–water partition coefficient (Wildman–Crippen LogP) is 3.38. The molecule has 2 heterocycles. The molecule has 0 amide bonds. The van der Waals surface area contributed by atoms with Crippen molar-refractivity contribution in [3.63, 3.8) is 0 Å². The first-order valence-corrected chi connectivity index (χ1v) is 12.5. The number of aromatic nitrogens is 1. The van der Waals surface area contributed by atoms with E-state index < -0.39 is 12.0 Å². The van der Waals surface area contributed by atoms with Crippen LogP contribution in [-0.4, -0.2) is 38.0 Å². The number of nitrogens with zero attached hydrogens (tertiary/aromatic N) is 2. The summed E-state index contributed by atoms with van der Waals surface area (Å²) in [6, 6.07) is 11.9. The summed E-state index contributed by atoms with van der Waals surface area (Å²) in [5.41, 5.74) is 1.96. The van der Waals surface area contributed by atoms with E-state index in [0.29, 0.717) is 50.0 Å². The first-order valence-electron chi connectivity index (χ1n) is 11.7. The first kappa shape index (κ1) is 26.0. The van der Waals surface area contributed by atoms with E-state index in [2.05, 4.69) is 11.6 Å². The zero-order valence-corrected chi connectivity index (χ0v) is 22.0. The van der Waals surface area contributed by atoms with E-state index >= 15 is 0 Å². The molecule has 3 aromatic rings. The van der Waals surface area contributed by atoms with Crippen LogP contribution in [0, 0.1) is 0 Å². The minimum absolute atomic E-state index is 0.205. The summed E-state index contributed by atoms with van der Waals surface area (Å²) in [5.74, 6) is 1.38. The number of thiazole rings is 1. The van der Waals surface area contributed by atoms with Gasteiger partial charge in [0, 0.05) is 5.56 Å². The maximum atomic E-state index is 13.8. The lowest BCUT2D eigenvalue weighted by Crippen LogP contribution is -2.39. The summed E-state index contributed by atoms with van der Waals surface area (Å²) in [4.78, 5) is 31.9. The number of carbonyl (C=O) groups excluding carboxylic acids is 1. The maximum absolute atomic E-state index is 13.8. The minimum Gasteiger partial charge on any atom is -0.497 e. The third kappa shape index (κ3) is 5.22. The van der Waals surface area contributed by atoms with Crippen LogP contribution >= 0.6 is 11.3 Å². The van der Waals surface area contributed by atoms with Gasteiger partial charge in [-0.05, 0) is 55.8 Å². The molecule has 2 aromatic carbocycles. The molecule has 1 aliphatic heterocycles. The molecule has 0 saturated heterocycles. The predicted molar refractivity (Wildman–Crippen MR) is 142 cm³/mol. The minimum atomic E-state index is -0.710. The average Bonchev–Trinajstić information content (AvgIpc) is 3.21. The number of methoxy groups -OCH3 is 2. The summed E-state index contributed by atoms with van der Waals surface area (Å²) >= 11 is 1.24. The quantitative estimate of drug-likeness (QED) is 0.318. The molecule has 0 radical (unpaired) electrons. The second kappa shape index (κ2) is 11.3. The van der Waals surface area contributed by atoms with Gasteiger partial charge < -0.3 is 18.9 Å². The summed E-state index contributed by atoms with van der Waals surface area (Å²) in [7, 11) is 3.14. The molecule has 0 bridgehead atoms. The zero-order valence-electron chi connectivity index (χ0n) is 21.1. The zero-order chi connectivity index (χ0) is 26.5. The lowest BCUT2D eigenvalue weighted by atomic mass is 9.96. The van der Waals surface area contributed by atoms with E-state index in [1.165, 1.54) is 11.3 Å². The molecule has 0 saturated carbocycles. The van der Waals surface area contributed by atoms with E-state index in [1.807, 2.05) is 12.1 Å². The van der Waals surface area contributed by atoms with Crippen LogP contribution in [0.3, 0.4) is 0 Å². The normalized spacial score (nSPS) is 15.0. The van der Waals surface area contributed by atoms with Crippen LogP contribution in [0.1, 0.15) is 31.0 Å². The van der Waals surface area contributed by atoms with Crippen molar-refractivity contribution in [2.24, 2.45) is 4.99 Å². The molecule has 9 heteroatoms. The van der Waals surface area contributed by atoms with Crippen molar-refractivity contribution >= 4 is 23.4 Å². The maximum Gasteiger partial charge on any atom is 0.338 e. The van der Waals surface area contributed by atoms with Crippen molar-refractivity contribution in [2.75, 3.05) is 27.4 Å². The van der Waals surface area contributed by atoms with Gasteiger partial charge in [0.05, 0.1) is 42.7 Å². The Morgan fingerprint density at radius 1 is 1.14 bits per heavy atom. The van der Waals surface area contributed by atoms with Crippen molar-refractivity contribution in [2.45, 2.75) is 19.9 Å². The van der Waals surface area contributed by atoms with Gasteiger partial charge in [-0.25, -0.2) is 9.79 Å². The topological polar surface area (TPSA) is 88.4 Å². The second-order valence-corrected chi connectivity index (χ2v) is 9.09. The van der Waals surface area contributed by atoms with Crippen LogP contribution in [0.4, 0.5) is 0 Å². The monoisotopic (exact) mass is 520 g/mol. The lowest BCUT2D eigenvalue weighted by Gasteiger charge is -2.24. The lowest BCUT2D eigenvalue weighted by molar-refractivity contribution is -0.139. The fourth-order valence-corrected chi connectivity index (χ4v) is 5.14. The first-order chi connectivity index (χ1) is 17.9. The third-order valence-electron chi connectivity index (χ3n) is 5.80. The Balaban J connectivity index is 1.91. The number of hydrogen-bond acceptors (Lipinski definition) is 8. The van der Waals surface area contributed by atoms with Gasteiger partial charge in [0.1, 0.15) is 23.9 Å². The van der Waals surface area contributed by atoms with Crippen molar-refractivity contribution in [3.8, 4) is 17.2 Å². The van der Waals surface area contributed by atoms with E-state index in [1.54, 1.807) is 75.1 Å². The average molecular weight is 521 g/mol. The number of ether oxygens (including phenoxy) is 4. The Morgan fingerprint density at radius 2 is 1.86 bits per heavy atom. The van der Waals surface area contributed by atoms with Gasteiger partial charge >= 0.3 is 5.97 Å². The van der Waals surface area contributed by atoms with Crippen LogP contribution in [0.25, 0.3) is 6.08 Å². The van der Waals surface area contributed by atoms with Crippen LogP contribution < -0.4 is 29.1 Å². The summed E-state index contributed by atoms with van der Waals surface area (Å²) in [6.07, 6.45) is 3.41. The van der Waals surface area contributed by atoms with Crippen LogP contribution in [0.2, 0.25) is 0 Å². The molecule has 0 N–H and O–H groups in total. The van der Waals surface area contributed by atoms with Gasteiger partial charge in [0.2, 0.25) is 0 Å². The number of hydrogen-bond donors (Lipinski definition) is 0. The number of benzene rings is 2. The van der Waals surface area contributed by atoms with Crippen LogP contribution in [-0.2, 0) is 9.53 Å². The highest BCUT2D eigenvalue weighted by atomic mass is 32.1. The molecule has 0 aliphatic carbocycles. The van der Waals surface area contributed by atoms with E-state index in [4.69, 9.17) is 18.9 Å². The molecule has 0 spiro atoms. The summed E-state index contributed by atoms with van der Waals surface area (Å²) < 4.78 is 23.8. The van der Waals surface area contributed by atoms with Crippen molar-refractivity contribution in [3.05, 3.63) is 97.2 Å². The fourth-order valence-electron chi connectivity index (χ4n) is 4.10. The highest BCUT2D eigenvalue weighted by Gasteiger charge is 2.33. The fraction of sp³-hybridized carbons (Fsp3) is 0.250. The van der Waals surface area contributed by atoms with Gasteiger partial charge in [-0.3, -0.25) is 9.36 Å². The van der Waals surface area contributed by atoms with Crippen LogP contribution in [0.5, 0.6) is 17.2 Å². The van der Waals surface area contributed by atoms with Crippen molar-refractivity contribution < 1.29 is 23.7 Å². The molecule has 1 aliphatic rings. The molecular formula is C28H28N2O6S. The van der Waals surface area contributed by atoms with Gasteiger partial charge in [0.15, 0.2) is 4.80 Å². The highest BCUT2D eigenvalue weighted by Crippen LogP contribution is 2.32. The van der Waals surface area contributed by atoms with Gasteiger partial charge in [-0.15, -0.1) is 0 Å². The van der Waals surface area contributed by atoms with Gasteiger partial charge in [-0.1, -0.05) is 36.1 Å². The Morgan fingerprint density at radius 3 is 2.51 bits per heavy atom. The molecule has 4 rings (SSSR count). The number of fused-ring (bicyclic) bond motifs is 1. The summed E-state index contributed by atoms with van der Waals surface area (Å²) in [5, 5.41) is 0. The number of allylic oxidation sites excluding steroid dienone is 1. The number of esters is 1. The molecule has 37 heavy (non-hydrogen) atoms. The second-order valence-electron chi connectivity index (χ2n) is 8.08. The molecular weight excluding hydrogens is 492 g/mol. The Kier molecular flexibility index (Phi) is 7.93. The molecule has 1 aromatic heterocycles. The number of rotatable bonds is 9. The van der Waals surface area contributed by atoms with Crippen molar-refractivity contribution in [1.82, 2.24) is 4.57 Å². The summed E-state index contributed by atoms with van der Waals surface area (Å²) in [6.45, 7) is 7.73. The van der Waals surface area contributed by atoms with E-state index in [0.717, 1.165) is 5.56 Å². The molecule has 1 atom stereocenters. The van der Waals surface area contributed by atoms with E-state index in [9.17, 15) is 9.59 Å². The van der Waals surface area contributed by atoms with Crippen LogP contribution in [0.15, 0.2) is 76.2 Å². The van der Waals surface area contributed by atoms with Gasteiger partial charge in [-0.2, -0.15) is 0 Å². The van der Waals surface area contributed by atoms with Gasteiger partial charge in [0.25, 0.3) is 5.56 Å². The molecule has 8 nitrogen and oxygen atoms in total. The Labute approximate surface area is 218 Å².